The van der Waals surface area contributed by atoms with Crippen molar-refractivity contribution in [2.75, 3.05) is 14.1 Å². The molecule has 0 aliphatic heterocycles. The summed E-state index contributed by atoms with van der Waals surface area (Å²) in [6, 6.07) is 13.3. The third kappa shape index (κ3) is 3.35. The molecule has 122 valence electrons. The molecule has 0 fully saturated rings. The van der Waals surface area contributed by atoms with E-state index in [1.807, 2.05) is 6.07 Å². The van der Waals surface area contributed by atoms with Gasteiger partial charge in [0, 0.05) is 36.8 Å². The van der Waals surface area contributed by atoms with Gasteiger partial charge >= 0.3 is 0 Å². The zero-order valence-electron chi connectivity index (χ0n) is 13.5. The molecule has 2 aromatic carbocycles. The summed E-state index contributed by atoms with van der Waals surface area (Å²) < 4.78 is 19.4. The summed E-state index contributed by atoms with van der Waals surface area (Å²) >= 11 is 0. The maximum Gasteiger partial charge on any atom is 0.253 e. The van der Waals surface area contributed by atoms with Crippen LogP contribution in [0.4, 0.5) is 4.39 Å². The third-order valence-corrected chi connectivity index (χ3v) is 3.65. The number of amides is 1. The Labute approximate surface area is 139 Å². The lowest BCUT2D eigenvalue weighted by Crippen LogP contribution is -2.21. The molecule has 0 aliphatic carbocycles. The second-order valence-corrected chi connectivity index (χ2v) is 5.65. The van der Waals surface area contributed by atoms with Crippen LogP contribution in [-0.2, 0) is 6.61 Å². The highest BCUT2D eigenvalue weighted by atomic mass is 19.1. The molecule has 24 heavy (non-hydrogen) atoms. The first-order valence-corrected chi connectivity index (χ1v) is 7.52. The second-order valence-electron chi connectivity index (χ2n) is 5.65. The van der Waals surface area contributed by atoms with Crippen LogP contribution in [0.2, 0.25) is 0 Å². The van der Waals surface area contributed by atoms with Crippen LogP contribution >= 0.6 is 0 Å². The Bertz CT molecular complexity index is 876. The van der Waals surface area contributed by atoms with Gasteiger partial charge in [-0.05, 0) is 42.5 Å². The molecule has 0 unspecified atom stereocenters. The van der Waals surface area contributed by atoms with Crippen LogP contribution in [0.3, 0.4) is 0 Å². The maximum atomic E-state index is 13.7. The predicted molar refractivity (Wildman–Crippen MR) is 90.5 cm³/mol. The molecule has 3 aromatic rings. The summed E-state index contributed by atoms with van der Waals surface area (Å²) in [6.07, 6.45) is 1.67. The van der Waals surface area contributed by atoms with Crippen molar-refractivity contribution in [2.24, 2.45) is 0 Å². The van der Waals surface area contributed by atoms with E-state index in [4.69, 9.17) is 4.74 Å². The summed E-state index contributed by atoms with van der Waals surface area (Å²) in [5.41, 5.74) is 1.99. The average molecular weight is 324 g/mol. The van der Waals surface area contributed by atoms with Gasteiger partial charge in [-0.25, -0.2) is 4.39 Å². The minimum atomic E-state index is -0.318. The van der Waals surface area contributed by atoms with E-state index in [0.717, 1.165) is 10.9 Å². The summed E-state index contributed by atoms with van der Waals surface area (Å²) in [6.45, 7) is 0.201. The summed E-state index contributed by atoms with van der Waals surface area (Å²) in [5.74, 6) is 0.224. The van der Waals surface area contributed by atoms with Gasteiger partial charge in [-0.2, -0.15) is 0 Å². The number of ether oxygens (including phenoxy) is 1. The smallest absolute Gasteiger partial charge is 0.253 e. The minimum absolute atomic E-state index is 0.0677. The fourth-order valence-electron chi connectivity index (χ4n) is 2.45. The van der Waals surface area contributed by atoms with Gasteiger partial charge in [-0.15, -0.1) is 0 Å². The number of carbonyl (C=O) groups excluding carboxylic acids is 1. The number of halogens is 1. The van der Waals surface area contributed by atoms with Crippen molar-refractivity contribution in [1.29, 1.82) is 0 Å². The predicted octanol–water partition coefficient (Wildman–Crippen LogP) is 3.65. The largest absolute Gasteiger partial charge is 0.489 e. The van der Waals surface area contributed by atoms with Crippen LogP contribution in [0, 0.1) is 5.82 Å². The van der Waals surface area contributed by atoms with Crippen LogP contribution in [-0.4, -0.2) is 29.9 Å². The van der Waals surface area contributed by atoms with E-state index in [0.29, 0.717) is 16.9 Å². The zero-order valence-corrected chi connectivity index (χ0v) is 13.5. The van der Waals surface area contributed by atoms with E-state index in [9.17, 15) is 9.18 Å². The van der Waals surface area contributed by atoms with Crippen LogP contribution in [0.1, 0.15) is 15.9 Å². The Kier molecular flexibility index (Phi) is 4.42. The summed E-state index contributed by atoms with van der Waals surface area (Å²) in [5, 5.41) is 0.739. The molecule has 0 saturated carbocycles. The van der Waals surface area contributed by atoms with Crippen molar-refractivity contribution in [3.05, 3.63) is 71.7 Å². The van der Waals surface area contributed by atoms with E-state index < -0.39 is 0 Å². The number of carbonyl (C=O) groups is 1. The fourth-order valence-corrected chi connectivity index (χ4v) is 2.45. The van der Waals surface area contributed by atoms with Gasteiger partial charge in [0.15, 0.2) is 0 Å². The molecule has 0 atom stereocenters. The topological polar surface area (TPSA) is 42.4 Å². The number of rotatable bonds is 4. The normalized spacial score (nSPS) is 10.6. The summed E-state index contributed by atoms with van der Waals surface area (Å²) in [7, 11) is 3.41. The van der Waals surface area contributed by atoms with Gasteiger partial charge in [-0.3, -0.25) is 9.78 Å². The summed E-state index contributed by atoms with van der Waals surface area (Å²) in [4.78, 5) is 17.7. The molecule has 1 aromatic heterocycles. The van der Waals surface area contributed by atoms with Crippen LogP contribution in [0.15, 0.2) is 54.7 Å². The molecular formula is C19H17FN2O2. The van der Waals surface area contributed by atoms with E-state index in [2.05, 4.69) is 4.98 Å². The van der Waals surface area contributed by atoms with Crippen LogP contribution in [0.25, 0.3) is 10.9 Å². The van der Waals surface area contributed by atoms with Crippen molar-refractivity contribution in [3.8, 4) is 5.75 Å². The highest BCUT2D eigenvalue weighted by molar-refractivity contribution is 5.93. The highest BCUT2D eigenvalue weighted by Crippen LogP contribution is 2.21. The highest BCUT2D eigenvalue weighted by Gasteiger charge is 2.09. The lowest BCUT2D eigenvalue weighted by molar-refractivity contribution is 0.0827. The molecule has 3 rings (SSSR count). The standard InChI is InChI=1S/C19H17FN2O2/c1-22(2)19(23)13-5-7-17(8-6-13)24-12-15-11-16(20)10-14-4-3-9-21-18(14)15/h3-11H,12H2,1-2H3. The van der Waals surface area contributed by atoms with Crippen LogP contribution < -0.4 is 4.74 Å². The number of hydrogen-bond donors (Lipinski definition) is 0. The number of benzene rings is 2. The van der Waals surface area contributed by atoms with Crippen molar-refractivity contribution >= 4 is 16.8 Å². The van der Waals surface area contributed by atoms with Crippen LogP contribution in [0.5, 0.6) is 5.75 Å². The number of hydrogen-bond acceptors (Lipinski definition) is 3. The van der Waals surface area contributed by atoms with E-state index >= 15 is 0 Å². The van der Waals surface area contributed by atoms with Gasteiger partial charge in [0.05, 0.1) is 5.52 Å². The zero-order chi connectivity index (χ0) is 17.1. The molecule has 1 heterocycles. The number of fused-ring (bicyclic) bond motifs is 1. The van der Waals surface area contributed by atoms with Gasteiger partial charge in [0.25, 0.3) is 5.91 Å². The molecule has 5 heteroatoms. The second kappa shape index (κ2) is 6.66. The SMILES string of the molecule is CN(C)C(=O)c1ccc(OCc2cc(F)cc3cccnc23)cc1. The number of aromatic nitrogens is 1. The van der Waals surface area contributed by atoms with E-state index in [1.165, 1.54) is 17.0 Å². The Balaban J connectivity index is 1.78. The lowest BCUT2D eigenvalue weighted by Gasteiger charge is -2.12. The molecule has 0 saturated heterocycles. The van der Waals surface area contributed by atoms with Gasteiger partial charge in [0.2, 0.25) is 0 Å². The Morgan fingerprint density at radius 2 is 1.92 bits per heavy atom. The first-order valence-electron chi connectivity index (χ1n) is 7.52. The van der Waals surface area contributed by atoms with Crippen molar-refractivity contribution < 1.29 is 13.9 Å². The van der Waals surface area contributed by atoms with Crippen molar-refractivity contribution in [3.63, 3.8) is 0 Å². The fraction of sp³-hybridized carbons (Fsp3) is 0.158. The molecule has 1 amide bonds. The quantitative estimate of drug-likeness (QED) is 0.735. The first kappa shape index (κ1) is 15.9. The van der Waals surface area contributed by atoms with Crippen molar-refractivity contribution in [2.45, 2.75) is 6.61 Å². The molecule has 0 spiro atoms. The Hall–Kier alpha value is -2.95. The number of nitrogens with zero attached hydrogens (tertiary/aromatic N) is 2. The minimum Gasteiger partial charge on any atom is -0.489 e. The van der Waals surface area contributed by atoms with Crippen molar-refractivity contribution in [1.82, 2.24) is 9.88 Å². The van der Waals surface area contributed by atoms with Gasteiger partial charge < -0.3 is 9.64 Å². The Morgan fingerprint density at radius 1 is 1.17 bits per heavy atom. The molecule has 0 N–H and O–H groups in total. The third-order valence-electron chi connectivity index (χ3n) is 3.65. The molecule has 0 bridgehead atoms. The average Bonchev–Trinajstić information content (AvgIpc) is 2.59. The monoisotopic (exact) mass is 324 g/mol. The van der Waals surface area contributed by atoms with E-state index in [-0.39, 0.29) is 18.3 Å². The van der Waals surface area contributed by atoms with Gasteiger partial charge in [0.1, 0.15) is 18.2 Å². The Morgan fingerprint density at radius 3 is 2.62 bits per heavy atom. The molecule has 4 nitrogen and oxygen atoms in total. The number of pyridine rings is 1. The molecule has 0 aliphatic rings. The molecular weight excluding hydrogens is 307 g/mol. The van der Waals surface area contributed by atoms with E-state index in [1.54, 1.807) is 50.6 Å². The maximum absolute atomic E-state index is 13.7. The lowest BCUT2D eigenvalue weighted by atomic mass is 10.1. The first-order chi connectivity index (χ1) is 11.5. The molecule has 0 radical (unpaired) electrons. The van der Waals surface area contributed by atoms with Gasteiger partial charge in [-0.1, -0.05) is 6.07 Å².